The van der Waals surface area contributed by atoms with E-state index in [0.717, 1.165) is 16.7 Å². The fourth-order valence-corrected chi connectivity index (χ4v) is 4.72. The summed E-state index contributed by atoms with van der Waals surface area (Å²) in [7, 11) is 0. The molecular weight excluding hydrogens is 440 g/mol. The lowest BCUT2D eigenvalue weighted by Crippen LogP contribution is -2.63. The molecule has 2 unspecified atom stereocenters. The molecule has 0 spiro atoms. The molecule has 2 fully saturated rings. The Morgan fingerprint density at radius 1 is 0.743 bits per heavy atom. The van der Waals surface area contributed by atoms with Gasteiger partial charge in [0.15, 0.2) is 6.29 Å². The average Bonchev–Trinajstić information content (AvgIpc) is 2.92. The van der Waals surface area contributed by atoms with Crippen LogP contribution in [-0.4, -0.2) is 37.1 Å². The Balaban J connectivity index is 1.40. The van der Waals surface area contributed by atoms with Gasteiger partial charge in [-0.15, -0.1) is 6.58 Å². The van der Waals surface area contributed by atoms with E-state index in [2.05, 4.69) is 30.8 Å². The van der Waals surface area contributed by atoms with Gasteiger partial charge >= 0.3 is 0 Å². The molecule has 0 bridgehead atoms. The highest BCUT2D eigenvalue weighted by Gasteiger charge is 2.50. The van der Waals surface area contributed by atoms with Crippen molar-refractivity contribution in [3.8, 4) is 0 Å². The van der Waals surface area contributed by atoms with Crippen molar-refractivity contribution in [2.45, 2.75) is 56.4 Å². The first-order valence-corrected chi connectivity index (χ1v) is 12.2. The third-order valence-corrected chi connectivity index (χ3v) is 6.46. The van der Waals surface area contributed by atoms with Gasteiger partial charge in [0.25, 0.3) is 0 Å². The molecule has 2 aliphatic rings. The first-order chi connectivity index (χ1) is 17.3. The molecule has 0 saturated carbocycles. The molecule has 2 heterocycles. The number of rotatable bonds is 9. The topological polar surface area (TPSA) is 46.2 Å². The summed E-state index contributed by atoms with van der Waals surface area (Å²) in [4.78, 5) is 0. The summed E-state index contributed by atoms with van der Waals surface area (Å²) < 4.78 is 32.1. The molecule has 5 nitrogen and oxygen atoms in total. The van der Waals surface area contributed by atoms with Crippen LogP contribution in [0, 0.1) is 0 Å². The van der Waals surface area contributed by atoms with Crippen molar-refractivity contribution in [3.63, 3.8) is 0 Å². The Morgan fingerprint density at radius 2 is 1.31 bits per heavy atom. The van der Waals surface area contributed by atoms with Crippen molar-refractivity contribution in [3.05, 3.63) is 120 Å². The van der Waals surface area contributed by atoms with Crippen molar-refractivity contribution in [2.24, 2.45) is 0 Å². The third kappa shape index (κ3) is 5.89. The van der Waals surface area contributed by atoms with Crippen molar-refractivity contribution in [1.29, 1.82) is 0 Å². The van der Waals surface area contributed by atoms with Gasteiger partial charge in [0.2, 0.25) is 0 Å². The van der Waals surface area contributed by atoms with Gasteiger partial charge in [-0.25, -0.2) is 0 Å². The van der Waals surface area contributed by atoms with Crippen LogP contribution in [0.3, 0.4) is 0 Å². The van der Waals surface area contributed by atoms with Gasteiger partial charge in [-0.2, -0.15) is 0 Å². The number of benzene rings is 3. The third-order valence-electron chi connectivity index (χ3n) is 6.46. The van der Waals surface area contributed by atoms with Gasteiger partial charge in [0, 0.05) is 5.56 Å². The molecule has 0 amide bonds. The quantitative estimate of drug-likeness (QED) is 0.379. The molecule has 5 heteroatoms. The van der Waals surface area contributed by atoms with Gasteiger partial charge in [-0.3, -0.25) is 0 Å². The van der Waals surface area contributed by atoms with Gasteiger partial charge in [0.1, 0.15) is 24.4 Å². The van der Waals surface area contributed by atoms with E-state index in [9.17, 15) is 0 Å². The summed E-state index contributed by atoms with van der Waals surface area (Å²) in [5.74, 6) is 0. The van der Waals surface area contributed by atoms with Crippen LogP contribution in [0.1, 0.15) is 29.4 Å². The molecule has 182 valence electrons. The fraction of sp³-hybridized carbons (Fsp3) is 0.333. The summed E-state index contributed by atoms with van der Waals surface area (Å²) >= 11 is 0. The number of fused-ring (bicyclic) bond motifs is 1. The smallest absolute Gasteiger partial charge is 0.184 e. The molecular formula is C30H32O5. The Labute approximate surface area is 207 Å². The highest BCUT2D eigenvalue weighted by atomic mass is 16.7. The highest BCUT2D eigenvalue weighted by molar-refractivity contribution is 5.18. The van der Waals surface area contributed by atoms with E-state index in [0.29, 0.717) is 26.2 Å². The highest BCUT2D eigenvalue weighted by Crippen LogP contribution is 2.37. The fourth-order valence-electron chi connectivity index (χ4n) is 4.72. The summed E-state index contributed by atoms with van der Waals surface area (Å²) in [6.07, 6.45) is 0.585. The van der Waals surface area contributed by atoms with E-state index in [4.69, 9.17) is 23.7 Å². The molecule has 35 heavy (non-hydrogen) atoms. The summed E-state index contributed by atoms with van der Waals surface area (Å²) in [6, 6.07) is 30.3. The average molecular weight is 473 g/mol. The first kappa shape index (κ1) is 23.9. The van der Waals surface area contributed by atoms with Crippen LogP contribution < -0.4 is 0 Å². The molecule has 0 N–H and O–H groups in total. The van der Waals surface area contributed by atoms with Crippen LogP contribution in [0.15, 0.2) is 104 Å². The van der Waals surface area contributed by atoms with Crippen molar-refractivity contribution < 1.29 is 23.7 Å². The number of hydrogen-bond donors (Lipinski definition) is 0. The van der Waals surface area contributed by atoms with Gasteiger partial charge in [0.05, 0.1) is 25.9 Å². The summed E-state index contributed by atoms with van der Waals surface area (Å²) in [6.45, 7) is 5.29. The zero-order chi connectivity index (χ0) is 23.9. The summed E-state index contributed by atoms with van der Waals surface area (Å²) in [5.41, 5.74) is 3.18. The predicted octanol–water partition coefficient (Wildman–Crippen LogP) is 5.61. The Morgan fingerprint density at radius 3 is 1.91 bits per heavy atom. The van der Waals surface area contributed by atoms with Crippen LogP contribution in [0.25, 0.3) is 0 Å². The van der Waals surface area contributed by atoms with Crippen molar-refractivity contribution in [1.82, 2.24) is 0 Å². The molecule has 0 aromatic heterocycles. The lowest BCUT2D eigenvalue weighted by molar-refractivity contribution is -0.339. The second kappa shape index (κ2) is 11.8. The molecule has 3 aromatic carbocycles. The van der Waals surface area contributed by atoms with Crippen LogP contribution in [0.2, 0.25) is 0 Å². The van der Waals surface area contributed by atoms with Crippen LogP contribution >= 0.6 is 0 Å². The van der Waals surface area contributed by atoms with Gasteiger partial charge in [-0.05, 0) is 17.5 Å². The standard InChI is InChI=1S/C30H32O5/c1-2-12-25-27(31-19-22-13-6-3-7-14-22)29(32-20-23-15-8-4-9-16-23)28-26(34-25)21-33-30(35-28)24-17-10-5-11-18-24/h2-11,13-18,25-30H,1,12,19-21H2/t25?,26-,27-,28-,29-,30?/m1/s1. The van der Waals surface area contributed by atoms with Gasteiger partial charge in [-0.1, -0.05) is 97.1 Å². The van der Waals surface area contributed by atoms with Crippen LogP contribution in [-0.2, 0) is 36.9 Å². The lowest BCUT2D eigenvalue weighted by Gasteiger charge is -2.49. The van der Waals surface area contributed by atoms with E-state index >= 15 is 0 Å². The molecule has 0 aliphatic carbocycles. The zero-order valence-electron chi connectivity index (χ0n) is 19.8. The SMILES string of the molecule is C=CCC1O[C@@H]2COC(c3ccccc3)O[C@H]2[C@H](OCc2ccccc2)[C@@H]1OCc1ccccc1. The lowest BCUT2D eigenvalue weighted by atomic mass is 9.92. The minimum absolute atomic E-state index is 0.210. The first-order valence-electron chi connectivity index (χ1n) is 12.2. The van der Waals surface area contributed by atoms with E-state index in [-0.39, 0.29) is 30.5 Å². The maximum absolute atomic E-state index is 6.58. The number of hydrogen-bond acceptors (Lipinski definition) is 5. The number of ether oxygens (including phenoxy) is 5. The Bertz CT molecular complexity index is 1040. The van der Waals surface area contributed by atoms with Crippen LogP contribution in [0.5, 0.6) is 0 Å². The predicted molar refractivity (Wildman–Crippen MR) is 134 cm³/mol. The normalized spacial score (nSPS) is 28.2. The molecule has 3 aromatic rings. The zero-order valence-corrected chi connectivity index (χ0v) is 19.8. The van der Waals surface area contributed by atoms with Crippen LogP contribution in [0.4, 0.5) is 0 Å². The van der Waals surface area contributed by atoms with Crippen molar-refractivity contribution >= 4 is 0 Å². The molecule has 0 radical (unpaired) electrons. The second-order valence-corrected chi connectivity index (χ2v) is 8.94. The summed E-state index contributed by atoms with van der Waals surface area (Å²) in [5, 5.41) is 0. The van der Waals surface area contributed by atoms with Crippen molar-refractivity contribution in [2.75, 3.05) is 6.61 Å². The molecule has 6 atom stereocenters. The van der Waals surface area contributed by atoms with E-state index in [1.54, 1.807) is 0 Å². The van der Waals surface area contributed by atoms with E-state index in [1.807, 2.05) is 72.8 Å². The Kier molecular flexibility index (Phi) is 8.03. The maximum atomic E-state index is 6.58. The molecule has 5 rings (SSSR count). The van der Waals surface area contributed by atoms with E-state index < -0.39 is 6.29 Å². The monoisotopic (exact) mass is 472 g/mol. The van der Waals surface area contributed by atoms with E-state index in [1.165, 1.54) is 0 Å². The van der Waals surface area contributed by atoms with Gasteiger partial charge < -0.3 is 23.7 Å². The molecule has 2 aliphatic heterocycles. The minimum Gasteiger partial charge on any atom is -0.368 e. The maximum Gasteiger partial charge on any atom is 0.184 e. The largest absolute Gasteiger partial charge is 0.368 e. The Hall–Kier alpha value is -2.80. The molecule has 2 saturated heterocycles. The minimum atomic E-state index is -0.477. The second-order valence-electron chi connectivity index (χ2n) is 8.94.